The zero-order valence-electron chi connectivity index (χ0n) is 25.7. The van der Waals surface area contributed by atoms with Gasteiger partial charge in [-0.3, -0.25) is 18.7 Å². The normalized spacial score (nSPS) is 20.7. The highest BCUT2D eigenvalue weighted by Crippen LogP contribution is 2.52. The van der Waals surface area contributed by atoms with E-state index in [-0.39, 0.29) is 48.4 Å². The van der Waals surface area contributed by atoms with Gasteiger partial charge in [0.2, 0.25) is 5.89 Å². The fraction of sp³-hybridized carbons (Fsp3) is 0.412. The molecule has 3 aliphatic heterocycles. The van der Waals surface area contributed by atoms with Crippen molar-refractivity contribution in [1.29, 1.82) is 0 Å². The fourth-order valence-electron chi connectivity index (χ4n) is 6.59. The number of benzene rings is 2. The van der Waals surface area contributed by atoms with Gasteiger partial charge in [0, 0.05) is 43.3 Å². The SMILES string of the molecule is COc1ccccc1C(Cn1c2c(c(=O)n(C3CN(C(=O)c4ccccc4)C3)c1=O)C(C)C(c1ncco1)S2)OC1CCOCC1. The molecule has 0 aliphatic carbocycles. The Bertz CT molecular complexity index is 1810. The second-order valence-electron chi connectivity index (χ2n) is 11.9. The highest BCUT2D eigenvalue weighted by Gasteiger charge is 2.43. The zero-order chi connectivity index (χ0) is 31.8. The molecule has 2 fully saturated rings. The molecule has 0 N–H and O–H groups in total. The second-order valence-corrected chi connectivity index (χ2v) is 13.0. The van der Waals surface area contributed by atoms with Crippen LogP contribution in [0.1, 0.15) is 70.5 Å². The van der Waals surface area contributed by atoms with E-state index in [9.17, 15) is 14.4 Å². The maximum atomic E-state index is 14.5. The van der Waals surface area contributed by atoms with Crippen LogP contribution >= 0.6 is 11.8 Å². The van der Waals surface area contributed by atoms with Crippen molar-refractivity contribution in [3.05, 3.63) is 110 Å². The molecule has 11 nitrogen and oxygen atoms in total. The lowest BCUT2D eigenvalue weighted by Gasteiger charge is -2.40. The van der Waals surface area contributed by atoms with Gasteiger partial charge in [-0.05, 0) is 31.0 Å². The number of hydrogen-bond acceptors (Lipinski definition) is 9. The monoisotopic (exact) mass is 644 g/mol. The Morgan fingerprint density at radius 3 is 2.52 bits per heavy atom. The van der Waals surface area contributed by atoms with Crippen LogP contribution in [0.4, 0.5) is 0 Å². The van der Waals surface area contributed by atoms with Crippen molar-refractivity contribution < 1.29 is 23.4 Å². The molecule has 7 rings (SSSR count). The van der Waals surface area contributed by atoms with Gasteiger partial charge in [0.15, 0.2) is 0 Å². The number of thioether (sulfide) groups is 1. The predicted molar refractivity (Wildman–Crippen MR) is 171 cm³/mol. The summed E-state index contributed by atoms with van der Waals surface area (Å²) in [5.41, 5.74) is 1.18. The quantitative estimate of drug-likeness (QED) is 0.241. The van der Waals surface area contributed by atoms with Gasteiger partial charge in [0.05, 0.1) is 47.8 Å². The third-order valence-corrected chi connectivity index (χ3v) is 10.6. The summed E-state index contributed by atoms with van der Waals surface area (Å²) in [5, 5.41) is 0.312. The van der Waals surface area contributed by atoms with E-state index in [2.05, 4.69) is 4.98 Å². The minimum Gasteiger partial charge on any atom is -0.496 e. The number of carbonyl (C=O) groups excluding carboxylic acids is 1. The van der Waals surface area contributed by atoms with Crippen LogP contribution in [0, 0.1) is 0 Å². The first-order chi connectivity index (χ1) is 22.4. The predicted octanol–water partition coefficient (Wildman–Crippen LogP) is 4.59. The Morgan fingerprint density at radius 1 is 1.07 bits per heavy atom. The average molecular weight is 645 g/mol. The molecular weight excluding hydrogens is 608 g/mol. The molecule has 2 aromatic heterocycles. The minimum atomic E-state index is -0.541. The number of likely N-dealkylation sites (tertiary alicyclic amines) is 1. The van der Waals surface area contributed by atoms with E-state index in [1.165, 1.54) is 22.6 Å². The van der Waals surface area contributed by atoms with E-state index >= 15 is 0 Å². The smallest absolute Gasteiger partial charge is 0.332 e. The van der Waals surface area contributed by atoms with Crippen LogP contribution in [-0.4, -0.2) is 64.4 Å². The molecule has 3 aliphatic rings. The number of oxazole rings is 1. The summed E-state index contributed by atoms with van der Waals surface area (Å²) in [6, 6.07) is 16.2. The van der Waals surface area contributed by atoms with Gasteiger partial charge in [0.1, 0.15) is 18.1 Å². The molecule has 4 aromatic rings. The van der Waals surface area contributed by atoms with Crippen molar-refractivity contribution in [3.63, 3.8) is 0 Å². The number of carbonyl (C=O) groups is 1. The number of hydrogen-bond donors (Lipinski definition) is 0. The summed E-state index contributed by atoms with van der Waals surface area (Å²) in [7, 11) is 1.62. The van der Waals surface area contributed by atoms with Crippen molar-refractivity contribution in [2.75, 3.05) is 33.4 Å². The van der Waals surface area contributed by atoms with Crippen LogP contribution in [0.5, 0.6) is 5.75 Å². The molecule has 12 heteroatoms. The maximum absolute atomic E-state index is 14.5. The molecule has 3 atom stereocenters. The number of methoxy groups -OCH3 is 1. The topological polar surface area (TPSA) is 118 Å². The summed E-state index contributed by atoms with van der Waals surface area (Å²) in [4.78, 5) is 47.9. The van der Waals surface area contributed by atoms with Crippen molar-refractivity contribution in [3.8, 4) is 5.75 Å². The molecule has 2 aromatic carbocycles. The van der Waals surface area contributed by atoms with Crippen LogP contribution in [0.3, 0.4) is 0 Å². The molecule has 0 spiro atoms. The Hall–Kier alpha value is -4.13. The summed E-state index contributed by atoms with van der Waals surface area (Å²) in [6.45, 7) is 3.87. The number of amides is 1. The molecule has 0 saturated carbocycles. The summed E-state index contributed by atoms with van der Waals surface area (Å²) < 4.78 is 26.7. The maximum Gasteiger partial charge on any atom is 0.332 e. The molecule has 1 amide bonds. The fourth-order valence-corrected chi connectivity index (χ4v) is 8.07. The third kappa shape index (κ3) is 5.58. The number of ether oxygens (including phenoxy) is 3. The first-order valence-corrected chi connectivity index (χ1v) is 16.5. The van der Waals surface area contributed by atoms with Crippen molar-refractivity contribution in [2.45, 2.75) is 60.8 Å². The van der Waals surface area contributed by atoms with E-state index < -0.39 is 17.8 Å². The van der Waals surface area contributed by atoms with E-state index in [1.807, 2.05) is 49.4 Å². The van der Waals surface area contributed by atoms with Gasteiger partial charge < -0.3 is 23.5 Å². The number of rotatable bonds is 9. The molecule has 240 valence electrons. The first-order valence-electron chi connectivity index (χ1n) is 15.6. The van der Waals surface area contributed by atoms with E-state index in [0.29, 0.717) is 41.0 Å². The first kappa shape index (κ1) is 30.5. The number of para-hydroxylation sites is 1. The molecular formula is C34H36N4O7S. The standard InChI is InChI=1S/C34H36N4O7S/c1-21-28-32(40)38(23-18-36(19-23)31(39)22-8-4-3-5-9-22)34(41)37(33(28)46-29(21)30-35-14-17-44-30)20-27(45-24-12-15-43-16-13-24)25-10-6-7-11-26(25)42-2/h3-11,14,17,21,23-24,27,29H,12-13,15-16,18-20H2,1-2H3. The lowest BCUT2D eigenvalue weighted by molar-refractivity contribution is -0.0764. The molecule has 0 radical (unpaired) electrons. The van der Waals surface area contributed by atoms with E-state index in [4.69, 9.17) is 18.6 Å². The average Bonchev–Trinajstić information content (AvgIpc) is 3.72. The molecule has 0 bridgehead atoms. The Balaban J connectivity index is 1.29. The van der Waals surface area contributed by atoms with Crippen molar-refractivity contribution in [1.82, 2.24) is 19.0 Å². The van der Waals surface area contributed by atoms with E-state index in [0.717, 1.165) is 18.4 Å². The zero-order valence-corrected chi connectivity index (χ0v) is 26.6. The van der Waals surface area contributed by atoms with Gasteiger partial charge in [-0.25, -0.2) is 9.78 Å². The van der Waals surface area contributed by atoms with Gasteiger partial charge >= 0.3 is 5.69 Å². The molecule has 5 heterocycles. The highest BCUT2D eigenvalue weighted by atomic mass is 32.2. The molecule has 2 saturated heterocycles. The van der Waals surface area contributed by atoms with Crippen LogP contribution in [-0.2, 0) is 16.0 Å². The molecule has 46 heavy (non-hydrogen) atoms. The summed E-state index contributed by atoms with van der Waals surface area (Å²) in [5.74, 6) is 0.764. The summed E-state index contributed by atoms with van der Waals surface area (Å²) in [6.07, 6.45) is 3.98. The van der Waals surface area contributed by atoms with Crippen molar-refractivity contribution >= 4 is 17.7 Å². The van der Waals surface area contributed by atoms with Crippen LogP contribution in [0.25, 0.3) is 0 Å². The molecule has 3 unspecified atom stereocenters. The Kier molecular flexibility index (Phi) is 8.58. The van der Waals surface area contributed by atoms with Crippen LogP contribution < -0.4 is 16.0 Å². The van der Waals surface area contributed by atoms with Gasteiger partial charge in [-0.15, -0.1) is 0 Å². The van der Waals surface area contributed by atoms with Gasteiger partial charge in [-0.1, -0.05) is 55.1 Å². The van der Waals surface area contributed by atoms with Crippen molar-refractivity contribution in [2.24, 2.45) is 0 Å². The van der Waals surface area contributed by atoms with Crippen LogP contribution in [0.2, 0.25) is 0 Å². The summed E-state index contributed by atoms with van der Waals surface area (Å²) >= 11 is 1.42. The number of aromatic nitrogens is 3. The number of nitrogens with zero attached hydrogens (tertiary/aromatic N) is 4. The van der Waals surface area contributed by atoms with Gasteiger partial charge in [-0.2, -0.15) is 0 Å². The third-order valence-electron chi connectivity index (χ3n) is 9.10. The highest BCUT2D eigenvalue weighted by molar-refractivity contribution is 7.99. The second kappa shape index (κ2) is 12.9. The largest absolute Gasteiger partial charge is 0.496 e. The minimum absolute atomic E-state index is 0.0610. The van der Waals surface area contributed by atoms with Gasteiger partial charge in [0.25, 0.3) is 11.5 Å². The number of fused-ring (bicyclic) bond motifs is 1. The lowest BCUT2D eigenvalue weighted by Crippen LogP contribution is -2.57. The van der Waals surface area contributed by atoms with E-state index in [1.54, 1.807) is 34.9 Å². The Labute approximate surface area is 270 Å². The lowest BCUT2D eigenvalue weighted by atomic mass is 9.99. The Morgan fingerprint density at radius 2 is 1.80 bits per heavy atom. The van der Waals surface area contributed by atoms with Crippen LogP contribution in [0.15, 0.2) is 86.1 Å².